The van der Waals surface area contributed by atoms with Crippen LogP contribution in [0.2, 0.25) is 0 Å². The first kappa shape index (κ1) is 19.1. The normalized spacial score (nSPS) is 21.5. The second kappa shape index (κ2) is 9.90. The molecule has 0 saturated heterocycles. The average Bonchev–Trinajstić information content (AvgIpc) is 2.58. The van der Waals surface area contributed by atoms with Gasteiger partial charge in [0, 0.05) is 0 Å². The van der Waals surface area contributed by atoms with Crippen molar-refractivity contribution in [2.24, 2.45) is 11.8 Å². The lowest BCUT2D eigenvalue weighted by Crippen LogP contribution is -2.14. The summed E-state index contributed by atoms with van der Waals surface area (Å²) in [6, 6.07) is 2.08. The van der Waals surface area contributed by atoms with E-state index in [0.717, 1.165) is 36.8 Å². The summed E-state index contributed by atoms with van der Waals surface area (Å²) in [6.45, 7) is 2.25. The molecule has 0 N–H and O–H groups in total. The van der Waals surface area contributed by atoms with Crippen molar-refractivity contribution in [3.8, 4) is 0 Å². The SMILES string of the molecule is CCCCCC1CCC(CCC=Cc2cc(F)c(F)c(F)c2)CC1. The maximum atomic E-state index is 13.1. The van der Waals surface area contributed by atoms with E-state index < -0.39 is 17.5 Å². The van der Waals surface area contributed by atoms with Crippen molar-refractivity contribution < 1.29 is 13.2 Å². The van der Waals surface area contributed by atoms with Gasteiger partial charge in [0.05, 0.1) is 0 Å². The standard InChI is InChI=1S/C21H29F3/c1-2-3-4-7-16-10-12-17(13-11-16)8-5-6-9-18-14-19(22)21(24)20(23)15-18/h6,9,14-17H,2-5,7-8,10-13H2,1H3. The third-order valence-corrected chi connectivity index (χ3v) is 5.24. The first-order chi connectivity index (χ1) is 11.6. The van der Waals surface area contributed by atoms with E-state index in [4.69, 9.17) is 0 Å². The smallest absolute Gasteiger partial charge is 0.194 e. The highest BCUT2D eigenvalue weighted by molar-refractivity contribution is 5.49. The molecule has 0 bridgehead atoms. The average molecular weight is 338 g/mol. The molecule has 3 heteroatoms. The number of hydrogen-bond acceptors (Lipinski definition) is 0. The molecule has 1 saturated carbocycles. The van der Waals surface area contributed by atoms with E-state index in [1.54, 1.807) is 6.08 Å². The van der Waals surface area contributed by atoms with Crippen LogP contribution in [-0.2, 0) is 0 Å². The molecule has 24 heavy (non-hydrogen) atoms. The highest BCUT2D eigenvalue weighted by Gasteiger charge is 2.20. The Bertz CT molecular complexity index is 505. The lowest BCUT2D eigenvalue weighted by molar-refractivity contribution is 0.250. The summed E-state index contributed by atoms with van der Waals surface area (Å²) in [7, 11) is 0. The van der Waals surface area contributed by atoms with Gasteiger partial charge in [-0.3, -0.25) is 0 Å². The van der Waals surface area contributed by atoms with Crippen LogP contribution >= 0.6 is 0 Å². The maximum Gasteiger partial charge on any atom is 0.194 e. The molecule has 0 aromatic heterocycles. The number of rotatable bonds is 8. The molecule has 2 rings (SSSR count). The minimum absolute atomic E-state index is 0.381. The number of benzene rings is 1. The summed E-state index contributed by atoms with van der Waals surface area (Å²) < 4.78 is 39.2. The second-order valence-corrected chi connectivity index (χ2v) is 7.16. The molecule has 0 radical (unpaired) electrons. The van der Waals surface area contributed by atoms with Crippen LogP contribution in [0.25, 0.3) is 6.08 Å². The van der Waals surface area contributed by atoms with Crippen LogP contribution in [0.4, 0.5) is 13.2 Å². The van der Waals surface area contributed by atoms with Crippen LogP contribution in [0.5, 0.6) is 0 Å². The van der Waals surface area contributed by atoms with Crippen molar-refractivity contribution in [1.82, 2.24) is 0 Å². The Labute approximate surface area is 144 Å². The van der Waals surface area contributed by atoms with Crippen molar-refractivity contribution >= 4 is 6.08 Å². The molecule has 1 aromatic carbocycles. The summed E-state index contributed by atoms with van der Waals surface area (Å²) >= 11 is 0. The minimum atomic E-state index is -1.40. The van der Waals surface area contributed by atoms with Gasteiger partial charge in [0.1, 0.15) is 0 Å². The molecule has 1 aliphatic carbocycles. The van der Waals surface area contributed by atoms with Crippen LogP contribution in [-0.4, -0.2) is 0 Å². The van der Waals surface area contributed by atoms with E-state index in [1.807, 2.05) is 6.08 Å². The van der Waals surface area contributed by atoms with Gasteiger partial charge in [-0.05, 0) is 42.4 Å². The highest BCUT2D eigenvalue weighted by Crippen LogP contribution is 2.34. The van der Waals surface area contributed by atoms with Crippen LogP contribution in [0.3, 0.4) is 0 Å². The molecule has 0 aliphatic heterocycles. The van der Waals surface area contributed by atoms with E-state index in [-0.39, 0.29) is 0 Å². The third kappa shape index (κ3) is 5.99. The number of halogens is 3. The van der Waals surface area contributed by atoms with Gasteiger partial charge in [-0.2, -0.15) is 0 Å². The van der Waals surface area contributed by atoms with Crippen molar-refractivity contribution in [2.45, 2.75) is 71.1 Å². The van der Waals surface area contributed by atoms with Gasteiger partial charge in [-0.15, -0.1) is 0 Å². The van der Waals surface area contributed by atoms with Crippen LogP contribution in [0.15, 0.2) is 18.2 Å². The Balaban J connectivity index is 1.68. The summed E-state index contributed by atoms with van der Waals surface area (Å²) in [4.78, 5) is 0. The van der Waals surface area contributed by atoms with Gasteiger partial charge in [-0.1, -0.05) is 70.4 Å². The molecule has 0 spiro atoms. The van der Waals surface area contributed by atoms with Gasteiger partial charge in [0.2, 0.25) is 0 Å². The second-order valence-electron chi connectivity index (χ2n) is 7.16. The number of allylic oxidation sites excluding steroid dienone is 1. The Morgan fingerprint density at radius 2 is 1.50 bits per heavy atom. The molecule has 0 nitrogen and oxygen atoms in total. The Kier molecular flexibility index (Phi) is 7.87. The predicted octanol–water partition coefficient (Wildman–Crippen LogP) is 7.28. The summed E-state index contributed by atoms with van der Waals surface area (Å²) in [5.74, 6) is -1.96. The van der Waals surface area contributed by atoms with Gasteiger partial charge in [0.25, 0.3) is 0 Å². The topological polar surface area (TPSA) is 0 Å². The Hall–Kier alpha value is -1.25. The van der Waals surface area contributed by atoms with E-state index in [9.17, 15) is 13.2 Å². The molecular weight excluding hydrogens is 309 g/mol. The van der Waals surface area contributed by atoms with E-state index in [2.05, 4.69) is 6.92 Å². The minimum Gasteiger partial charge on any atom is -0.204 e. The molecule has 0 unspecified atom stereocenters. The largest absolute Gasteiger partial charge is 0.204 e. The van der Waals surface area contributed by atoms with Crippen LogP contribution < -0.4 is 0 Å². The lowest BCUT2D eigenvalue weighted by Gasteiger charge is -2.28. The lowest BCUT2D eigenvalue weighted by atomic mass is 9.78. The number of hydrogen-bond donors (Lipinski definition) is 0. The summed E-state index contributed by atoms with van der Waals surface area (Å²) in [5, 5.41) is 0. The predicted molar refractivity (Wildman–Crippen MR) is 94.2 cm³/mol. The quantitative estimate of drug-likeness (QED) is 0.345. The van der Waals surface area contributed by atoms with E-state index >= 15 is 0 Å². The zero-order valence-electron chi connectivity index (χ0n) is 14.7. The van der Waals surface area contributed by atoms with Gasteiger partial charge < -0.3 is 0 Å². The Morgan fingerprint density at radius 1 is 0.917 bits per heavy atom. The summed E-state index contributed by atoms with van der Waals surface area (Å²) in [6.07, 6.45) is 16.4. The molecule has 0 heterocycles. The van der Waals surface area contributed by atoms with Crippen LogP contribution in [0.1, 0.15) is 76.7 Å². The molecule has 1 aliphatic rings. The first-order valence-corrected chi connectivity index (χ1v) is 9.41. The zero-order valence-corrected chi connectivity index (χ0v) is 14.7. The molecule has 134 valence electrons. The van der Waals surface area contributed by atoms with Crippen molar-refractivity contribution in [3.05, 3.63) is 41.2 Å². The zero-order chi connectivity index (χ0) is 17.4. The molecule has 0 atom stereocenters. The monoisotopic (exact) mass is 338 g/mol. The molecule has 0 amide bonds. The van der Waals surface area contributed by atoms with E-state index in [0.29, 0.717) is 5.56 Å². The third-order valence-electron chi connectivity index (χ3n) is 5.24. The van der Waals surface area contributed by atoms with Crippen molar-refractivity contribution in [2.75, 3.05) is 0 Å². The van der Waals surface area contributed by atoms with E-state index in [1.165, 1.54) is 51.4 Å². The number of unbranched alkanes of at least 4 members (excludes halogenated alkanes) is 2. The van der Waals surface area contributed by atoms with Gasteiger partial charge in [-0.25, -0.2) is 13.2 Å². The summed E-state index contributed by atoms with van der Waals surface area (Å²) in [5.41, 5.74) is 0.381. The fourth-order valence-electron chi connectivity index (χ4n) is 3.71. The highest BCUT2D eigenvalue weighted by atomic mass is 19.2. The van der Waals surface area contributed by atoms with Crippen molar-refractivity contribution in [1.29, 1.82) is 0 Å². The van der Waals surface area contributed by atoms with Gasteiger partial charge in [0.15, 0.2) is 17.5 Å². The first-order valence-electron chi connectivity index (χ1n) is 9.41. The van der Waals surface area contributed by atoms with Crippen molar-refractivity contribution in [3.63, 3.8) is 0 Å². The van der Waals surface area contributed by atoms with Gasteiger partial charge >= 0.3 is 0 Å². The molecule has 1 aromatic rings. The fraction of sp³-hybridized carbons (Fsp3) is 0.619. The Morgan fingerprint density at radius 3 is 2.08 bits per heavy atom. The maximum absolute atomic E-state index is 13.1. The van der Waals surface area contributed by atoms with Crippen LogP contribution in [0, 0.1) is 29.3 Å². The molecule has 1 fully saturated rings. The molecular formula is C21H29F3. The fourth-order valence-corrected chi connectivity index (χ4v) is 3.71.